The van der Waals surface area contributed by atoms with Gasteiger partial charge in [0, 0.05) is 17.3 Å². The highest BCUT2D eigenvalue weighted by Crippen LogP contribution is 2.40. The van der Waals surface area contributed by atoms with Gasteiger partial charge in [-0.3, -0.25) is 4.79 Å². The Bertz CT molecular complexity index is 511. The maximum absolute atomic E-state index is 11.9. The molecule has 0 aromatic heterocycles. The minimum Gasteiger partial charge on any atom is -0.359 e. The van der Waals surface area contributed by atoms with Crippen LogP contribution in [0.15, 0.2) is 18.2 Å². The lowest BCUT2D eigenvalue weighted by Gasteiger charge is -2.19. The zero-order chi connectivity index (χ0) is 13.8. The van der Waals surface area contributed by atoms with Crippen LogP contribution in [0, 0.1) is 12.0 Å². The monoisotopic (exact) mass is 244 g/mol. The lowest BCUT2D eigenvalue weighted by atomic mass is 9.81. The maximum Gasteiger partial charge on any atom is 0.234 e. The summed E-state index contributed by atoms with van der Waals surface area (Å²) < 4.78 is 0. The Morgan fingerprint density at radius 3 is 2.61 bits per heavy atom. The Morgan fingerprint density at radius 1 is 1.39 bits per heavy atom. The average Bonchev–Trinajstić information content (AvgIpc) is 2.65. The first kappa shape index (κ1) is 14.1. The lowest BCUT2D eigenvalue weighted by molar-refractivity contribution is -0.120. The van der Waals surface area contributed by atoms with Crippen LogP contribution in [-0.2, 0) is 10.2 Å². The Morgan fingerprint density at radius 2 is 2.06 bits per heavy atom. The number of amides is 1. The largest absolute Gasteiger partial charge is 0.359 e. The highest BCUT2D eigenvalue weighted by molar-refractivity contribution is 6.06. The van der Waals surface area contributed by atoms with E-state index in [1.807, 2.05) is 45.9 Å². The van der Waals surface area contributed by atoms with Crippen molar-refractivity contribution in [3.8, 4) is 12.0 Å². The first-order valence-electron chi connectivity index (χ1n) is 6.29. The summed E-state index contributed by atoms with van der Waals surface area (Å²) in [6.07, 6.45) is 0.785. The molecular weight excluding hydrogens is 224 g/mol. The molecule has 1 unspecified atom stereocenters. The van der Waals surface area contributed by atoms with Gasteiger partial charge in [-0.25, -0.2) is 0 Å². The number of carbonyl (C=O) groups excluding carboxylic acids is 1. The Kier molecular flexibility index (Phi) is 4.38. The van der Waals surface area contributed by atoms with Gasteiger partial charge in [0.2, 0.25) is 5.91 Å². The van der Waals surface area contributed by atoms with Crippen molar-refractivity contribution in [1.29, 1.82) is 0 Å². The fourth-order valence-corrected chi connectivity index (χ4v) is 2.02. The number of fused-ring (bicyclic) bond motifs is 1. The molecule has 3 nitrogen and oxygen atoms in total. The molecule has 0 fully saturated rings. The van der Waals surface area contributed by atoms with Crippen LogP contribution < -0.4 is 11.1 Å². The summed E-state index contributed by atoms with van der Waals surface area (Å²) in [5.74, 6) is 2.83. The molecule has 1 amide bonds. The van der Waals surface area contributed by atoms with Gasteiger partial charge in [0.05, 0.1) is 5.41 Å². The smallest absolute Gasteiger partial charge is 0.234 e. The number of anilines is 1. The summed E-state index contributed by atoms with van der Waals surface area (Å²) in [5, 5.41) is 2.89. The second-order valence-electron chi connectivity index (χ2n) is 4.17. The summed E-state index contributed by atoms with van der Waals surface area (Å²) in [6, 6.07) is 8.08. The van der Waals surface area contributed by atoms with Crippen molar-refractivity contribution >= 4 is 11.6 Å². The van der Waals surface area contributed by atoms with E-state index >= 15 is 0 Å². The van der Waals surface area contributed by atoms with Crippen molar-refractivity contribution in [2.45, 2.75) is 39.5 Å². The molecule has 0 bridgehead atoms. The third kappa shape index (κ3) is 2.19. The normalized spacial score (nSPS) is 19.9. The van der Waals surface area contributed by atoms with Crippen molar-refractivity contribution in [1.82, 2.24) is 0 Å². The van der Waals surface area contributed by atoms with Crippen molar-refractivity contribution in [3.05, 3.63) is 29.3 Å². The highest BCUT2D eigenvalue weighted by Gasteiger charge is 2.40. The second-order valence-corrected chi connectivity index (χ2v) is 4.17. The number of hydrogen-bond donors (Lipinski definition) is 2. The van der Waals surface area contributed by atoms with Gasteiger partial charge in [-0.2, -0.15) is 0 Å². The molecule has 0 aliphatic carbocycles. The third-order valence-electron chi connectivity index (χ3n) is 3.29. The molecular formula is C15H20N2O. The maximum atomic E-state index is 11.9. The molecule has 0 saturated heterocycles. The van der Waals surface area contributed by atoms with E-state index in [1.54, 1.807) is 0 Å². The van der Waals surface area contributed by atoms with E-state index in [2.05, 4.69) is 17.3 Å². The van der Waals surface area contributed by atoms with Gasteiger partial charge in [-0.15, -0.1) is 0 Å². The summed E-state index contributed by atoms with van der Waals surface area (Å²) in [7, 11) is 0. The van der Waals surface area contributed by atoms with Crippen LogP contribution in [0.5, 0.6) is 0 Å². The second kappa shape index (κ2) is 5.59. The molecule has 0 radical (unpaired) electrons. The van der Waals surface area contributed by atoms with Crippen LogP contribution in [-0.4, -0.2) is 5.91 Å². The lowest BCUT2D eigenvalue weighted by Crippen LogP contribution is -2.29. The first-order valence-corrected chi connectivity index (χ1v) is 6.29. The van der Waals surface area contributed by atoms with Crippen LogP contribution >= 0.6 is 0 Å². The van der Waals surface area contributed by atoms with E-state index in [1.165, 1.54) is 0 Å². The van der Waals surface area contributed by atoms with Gasteiger partial charge in [-0.1, -0.05) is 26.8 Å². The topological polar surface area (TPSA) is 55.1 Å². The molecule has 1 aromatic rings. The van der Waals surface area contributed by atoms with Crippen molar-refractivity contribution < 1.29 is 4.79 Å². The molecule has 96 valence electrons. The summed E-state index contributed by atoms with van der Waals surface area (Å²) in [5.41, 5.74) is 7.47. The van der Waals surface area contributed by atoms with Crippen LogP contribution in [0.25, 0.3) is 0 Å². The van der Waals surface area contributed by atoms with E-state index in [4.69, 9.17) is 5.73 Å². The van der Waals surface area contributed by atoms with Crippen molar-refractivity contribution in [2.24, 2.45) is 5.73 Å². The zero-order valence-corrected chi connectivity index (χ0v) is 11.4. The molecule has 0 spiro atoms. The van der Waals surface area contributed by atoms with Crippen molar-refractivity contribution in [2.75, 3.05) is 5.32 Å². The van der Waals surface area contributed by atoms with Crippen LogP contribution in [0.2, 0.25) is 0 Å². The van der Waals surface area contributed by atoms with Gasteiger partial charge in [0.25, 0.3) is 0 Å². The zero-order valence-electron chi connectivity index (χ0n) is 11.4. The minimum absolute atomic E-state index is 0.0582. The summed E-state index contributed by atoms with van der Waals surface area (Å²) >= 11 is 0. The van der Waals surface area contributed by atoms with E-state index < -0.39 is 5.41 Å². The van der Waals surface area contributed by atoms with E-state index in [0.717, 1.165) is 23.2 Å². The van der Waals surface area contributed by atoms with Crippen LogP contribution in [0.3, 0.4) is 0 Å². The van der Waals surface area contributed by atoms with Gasteiger partial charge in [0.15, 0.2) is 0 Å². The fourth-order valence-electron chi connectivity index (χ4n) is 2.02. The van der Waals surface area contributed by atoms with Gasteiger partial charge >= 0.3 is 0 Å². The summed E-state index contributed by atoms with van der Waals surface area (Å²) in [6.45, 7) is 7.98. The van der Waals surface area contributed by atoms with Gasteiger partial charge < -0.3 is 11.1 Å². The number of nitrogens with one attached hydrogen (secondary N) is 1. The number of carbonyl (C=O) groups is 1. The number of nitrogens with two attached hydrogens (primary N) is 1. The summed E-state index contributed by atoms with van der Waals surface area (Å²) in [4.78, 5) is 11.9. The number of rotatable bonds is 1. The average molecular weight is 244 g/mol. The van der Waals surface area contributed by atoms with E-state index in [-0.39, 0.29) is 5.91 Å². The molecule has 1 atom stereocenters. The van der Waals surface area contributed by atoms with E-state index in [9.17, 15) is 4.79 Å². The fraction of sp³-hybridized carbons (Fsp3) is 0.400. The molecule has 1 aromatic carbocycles. The molecule has 0 saturated carbocycles. The van der Waals surface area contributed by atoms with Crippen molar-refractivity contribution in [3.63, 3.8) is 0 Å². The highest BCUT2D eigenvalue weighted by atomic mass is 16.2. The molecule has 1 aliphatic heterocycles. The number of benzene rings is 1. The van der Waals surface area contributed by atoms with E-state index in [0.29, 0.717) is 0 Å². The molecule has 2 rings (SSSR count). The Hall–Kier alpha value is -1.95. The Labute approximate surface area is 109 Å². The Balaban J connectivity index is 0.000000771. The standard InChI is InChI=1S/C13H14N2O.C2H6/c1-3-13(2)10-5-4-9(6-7-14)8-11(10)15-12(13)16;1-2/h4-5,8H,3,14H2,1-2H3,(H,15,16);1-2H3. The molecule has 3 N–H and O–H groups in total. The van der Waals surface area contributed by atoms with Gasteiger partial charge in [-0.05, 0) is 37.0 Å². The molecule has 18 heavy (non-hydrogen) atoms. The predicted octanol–water partition coefficient (Wildman–Crippen LogP) is 2.60. The van der Waals surface area contributed by atoms with Crippen LogP contribution in [0.1, 0.15) is 45.2 Å². The minimum atomic E-state index is -0.413. The molecule has 1 aliphatic rings. The van der Waals surface area contributed by atoms with Crippen LogP contribution in [0.4, 0.5) is 5.69 Å². The molecule has 3 heteroatoms. The molecule has 1 heterocycles. The number of hydrogen-bond acceptors (Lipinski definition) is 2. The SMILES string of the molecule is CC.CCC1(C)C(=O)Nc2cc(C#CN)ccc21. The third-order valence-corrected chi connectivity index (χ3v) is 3.29. The van der Waals surface area contributed by atoms with Gasteiger partial charge in [0.1, 0.15) is 0 Å². The predicted molar refractivity (Wildman–Crippen MR) is 75.1 cm³/mol. The first-order chi connectivity index (χ1) is 8.61. The quantitative estimate of drug-likeness (QED) is 0.589.